The van der Waals surface area contributed by atoms with Crippen LogP contribution in [0, 0.1) is 6.54 Å². The molecule has 0 spiro atoms. The minimum atomic E-state index is -1.19. The average molecular weight is 248 g/mol. The van der Waals surface area contributed by atoms with Crippen molar-refractivity contribution in [3.63, 3.8) is 0 Å². The fourth-order valence-corrected chi connectivity index (χ4v) is 0.335. The minimum Gasteiger partial charge on any atom is -0.483 e. The number of nitrogens with two attached hydrogens (primary N) is 2. The van der Waals surface area contributed by atoms with Gasteiger partial charge < -0.3 is 11.5 Å². The van der Waals surface area contributed by atoms with Crippen LogP contribution in [0.5, 0.6) is 0 Å². The first kappa shape index (κ1) is 11.9. The van der Waals surface area contributed by atoms with Gasteiger partial charge in [0, 0.05) is 20.4 Å². The Morgan fingerprint density at radius 1 is 1.50 bits per heavy atom. The van der Waals surface area contributed by atoms with Gasteiger partial charge in [0.1, 0.15) is 4.46 Å². The average Bonchev–Trinajstić information content (AvgIpc) is 1.30. The van der Waals surface area contributed by atoms with E-state index in [1.165, 1.54) is 6.54 Å². The Hall–Kier alpha value is 1.16. The second kappa shape index (κ2) is 4.99. The first-order chi connectivity index (χ1) is 3.06. The fraction of sp³-hybridized carbons (Fsp3) is 0.667. The summed E-state index contributed by atoms with van der Waals surface area (Å²) in [6.07, 6.45) is 0.302. The predicted octanol–water partition coefficient (Wildman–Crippen LogP) is 0.585. The summed E-state index contributed by atoms with van der Waals surface area (Å²) in [6, 6.07) is 0. The van der Waals surface area contributed by atoms with Crippen LogP contribution in [-0.2, 0) is 20.4 Å². The Kier molecular flexibility index (Phi) is 7.42. The Labute approximate surface area is 72.5 Å². The summed E-state index contributed by atoms with van der Waals surface area (Å²) in [5, 5.41) is 0. The van der Waals surface area contributed by atoms with Crippen molar-refractivity contribution >= 4 is 23.2 Å². The molecule has 0 aliphatic heterocycles. The normalized spacial score (nSPS) is 10.5. The van der Waals surface area contributed by atoms with E-state index < -0.39 is 4.46 Å². The third-order valence-electron chi connectivity index (χ3n) is 0.390. The minimum absolute atomic E-state index is 0. The first-order valence-corrected chi connectivity index (χ1v) is 2.52. The van der Waals surface area contributed by atoms with Gasteiger partial charge in [0.2, 0.25) is 0 Å². The molecule has 2 nitrogen and oxygen atoms in total. The summed E-state index contributed by atoms with van der Waals surface area (Å²) in [7, 11) is 0. The molecule has 54 valence electrons. The third kappa shape index (κ3) is 10.2. The molecule has 0 aliphatic carbocycles. The van der Waals surface area contributed by atoms with Crippen molar-refractivity contribution < 1.29 is 20.4 Å². The molecule has 0 aliphatic rings. The molecule has 0 unspecified atom stereocenters. The number of rotatable bonds is 2. The summed E-state index contributed by atoms with van der Waals surface area (Å²) < 4.78 is -1.19. The zero-order chi connectivity index (χ0) is 5.91. The van der Waals surface area contributed by atoms with Gasteiger partial charge in [-0.25, -0.2) is 0 Å². The molecule has 0 saturated carbocycles. The van der Waals surface area contributed by atoms with Crippen molar-refractivity contribution in [2.75, 3.05) is 0 Å². The molecular formula is C3H7Cl2N2Pd-. The number of hydrogen-bond donors (Lipinski definition) is 2. The van der Waals surface area contributed by atoms with E-state index in [1.807, 2.05) is 0 Å². The maximum Gasteiger partial charge on any atom is 0.140 e. The Balaban J connectivity index is 0. The van der Waals surface area contributed by atoms with Gasteiger partial charge in [-0.2, -0.15) is 0 Å². The molecule has 5 heteroatoms. The molecule has 0 saturated heterocycles. The van der Waals surface area contributed by atoms with Gasteiger partial charge in [0.15, 0.2) is 0 Å². The van der Waals surface area contributed by atoms with E-state index in [1.54, 1.807) is 0 Å². The molecule has 0 aromatic heterocycles. The summed E-state index contributed by atoms with van der Waals surface area (Å²) in [5.74, 6) is 0. The molecule has 0 bridgehead atoms. The smallest absolute Gasteiger partial charge is 0.140 e. The van der Waals surface area contributed by atoms with E-state index in [0.29, 0.717) is 6.42 Å². The molecule has 0 atom stereocenters. The van der Waals surface area contributed by atoms with Crippen LogP contribution in [0.15, 0.2) is 0 Å². The van der Waals surface area contributed by atoms with Crippen molar-refractivity contribution in [3.05, 3.63) is 6.54 Å². The van der Waals surface area contributed by atoms with Crippen molar-refractivity contribution in [2.45, 2.75) is 10.9 Å². The van der Waals surface area contributed by atoms with Crippen molar-refractivity contribution in [2.24, 2.45) is 11.5 Å². The van der Waals surface area contributed by atoms with E-state index in [9.17, 15) is 0 Å². The molecule has 8 heavy (non-hydrogen) atoms. The summed E-state index contributed by atoms with van der Waals surface area (Å²) in [6.45, 7) is 1.32. The zero-order valence-corrected chi connectivity index (χ0v) is 7.08. The third-order valence-corrected chi connectivity index (χ3v) is 0.699. The molecule has 0 fully saturated rings. The molecule has 0 radical (unpaired) electrons. The second-order valence-electron chi connectivity index (χ2n) is 1.20. The largest absolute Gasteiger partial charge is 0.483 e. The molecule has 0 aromatic carbocycles. The maximum absolute atomic E-state index is 5.27. The van der Waals surface area contributed by atoms with Crippen molar-refractivity contribution in [1.82, 2.24) is 0 Å². The number of hydrogen-bond acceptors (Lipinski definition) is 2. The van der Waals surface area contributed by atoms with Crippen LogP contribution in [-0.4, -0.2) is 4.46 Å². The van der Waals surface area contributed by atoms with E-state index in [0.717, 1.165) is 0 Å². The standard InChI is InChI=1S/C3H7Cl2N2.Pd/c4-3(5,7)1-2-6;/h2H,1,6-7H2;/q-1;. The van der Waals surface area contributed by atoms with Crippen molar-refractivity contribution in [3.8, 4) is 0 Å². The summed E-state index contributed by atoms with van der Waals surface area (Å²) >= 11 is 10.5. The Morgan fingerprint density at radius 2 is 1.88 bits per heavy atom. The van der Waals surface area contributed by atoms with Crippen LogP contribution in [0.1, 0.15) is 6.42 Å². The Morgan fingerprint density at radius 3 is 1.88 bits per heavy atom. The van der Waals surface area contributed by atoms with Crippen LogP contribution in [0.3, 0.4) is 0 Å². The summed E-state index contributed by atoms with van der Waals surface area (Å²) in [4.78, 5) is 0. The quantitative estimate of drug-likeness (QED) is 0.325. The van der Waals surface area contributed by atoms with Gasteiger partial charge in [-0.1, -0.05) is 23.2 Å². The number of halogens is 2. The number of alkyl halides is 2. The topological polar surface area (TPSA) is 52.0 Å². The van der Waals surface area contributed by atoms with Crippen LogP contribution < -0.4 is 11.5 Å². The molecule has 0 amide bonds. The van der Waals surface area contributed by atoms with Crippen molar-refractivity contribution in [1.29, 1.82) is 0 Å². The molecular weight excluding hydrogens is 241 g/mol. The first-order valence-electron chi connectivity index (χ1n) is 1.76. The zero-order valence-electron chi connectivity index (χ0n) is 4.01. The van der Waals surface area contributed by atoms with Gasteiger partial charge in [-0.05, 0) is 0 Å². The monoisotopic (exact) mass is 247 g/mol. The molecule has 0 rings (SSSR count). The van der Waals surface area contributed by atoms with Crippen LogP contribution >= 0.6 is 23.2 Å². The maximum atomic E-state index is 5.27. The van der Waals surface area contributed by atoms with Gasteiger partial charge in [-0.15, -0.1) is 6.42 Å². The van der Waals surface area contributed by atoms with E-state index >= 15 is 0 Å². The summed E-state index contributed by atoms with van der Waals surface area (Å²) in [5.41, 5.74) is 10.0. The Bertz CT molecular complexity index is 53.7. The van der Waals surface area contributed by atoms with Gasteiger partial charge in [0.05, 0.1) is 0 Å². The molecule has 4 N–H and O–H groups in total. The van der Waals surface area contributed by atoms with Crippen LogP contribution in [0.2, 0.25) is 0 Å². The fourth-order valence-electron chi connectivity index (χ4n) is 0.157. The van der Waals surface area contributed by atoms with E-state index in [4.69, 9.17) is 34.7 Å². The van der Waals surface area contributed by atoms with Gasteiger partial charge >= 0.3 is 0 Å². The van der Waals surface area contributed by atoms with E-state index in [-0.39, 0.29) is 20.4 Å². The predicted molar refractivity (Wildman–Crippen MR) is 31.7 cm³/mol. The van der Waals surface area contributed by atoms with Gasteiger partial charge in [0.25, 0.3) is 0 Å². The second-order valence-corrected chi connectivity index (χ2v) is 2.74. The van der Waals surface area contributed by atoms with Crippen LogP contribution in [0.25, 0.3) is 0 Å². The van der Waals surface area contributed by atoms with E-state index in [2.05, 4.69) is 0 Å². The SMILES string of the molecule is N[CH-]CC(N)(Cl)Cl.[Pd]. The van der Waals surface area contributed by atoms with Crippen LogP contribution in [0.4, 0.5) is 0 Å². The molecule has 0 aromatic rings. The van der Waals surface area contributed by atoms with Gasteiger partial charge in [-0.3, -0.25) is 6.54 Å². The molecule has 0 heterocycles.